The lowest BCUT2D eigenvalue weighted by Crippen LogP contribution is -2.58. The zero-order valence-corrected chi connectivity index (χ0v) is 21.5. The van der Waals surface area contributed by atoms with Crippen LogP contribution in [-0.2, 0) is 23.8 Å². The average Bonchev–Trinajstić information content (AvgIpc) is 3.48. The van der Waals surface area contributed by atoms with Gasteiger partial charge in [0.2, 0.25) is 0 Å². The monoisotopic (exact) mass is 451 g/mol. The van der Waals surface area contributed by atoms with E-state index in [-0.39, 0.29) is 28.9 Å². The zero-order valence-electron chi connectivity index (χ0n) is 21.5. The van der Waals surface area contributed by atoms with Crippen LogP contribution in [0.4, 0.5) is 0 Å². The van der Waals surface area contributed by atoms with Crippen molar-refractivity contribution in [2.45, 2.75) is 97.2 Å². The van der Waals surface area contributed by atoms with Crippen LogP contribution in [0.3, 0.4) is 0 Å². The van der Waals surface area contributed by atoms with Crippen molar-refractivity contribution >= 4 is 0 Å². The Labute approximate surface area is 195 Å². The SMILES string of the molecule is C=C(/C=C\C(=C/C)OCC1CO1)C(C)ONC(C)(C)CC1(CC(C)C)COCC(C)(C)O1. The van der Waals surface area contributed by atoms with Crippen molar-refractivity contribution < 1.29 is 23.8 Å². The van der Waals surface area contributed by atoms with Crippen molar-refractivity contribution in [3.8, 4) is 0 Å². The number of allylic oxidation sites excluding steroid dienone is 2. The Hall–Kier alpha value is -1.18. The third-order valence-corrected chi connectivity index (χ3v) is 5.47. The number of hydrogen-bond acceptors (Lipinski definition) is 6. The molecule has 0 bridgehead atoms. The van der Waals surface area contributed by atoms with E-state index in [0.717, 1.165) is 30.8 Å². The second-order valence-corrected chi connectivity index (χ2v) is 10.9. The van der Waals surface area contributed by atoms with Gasteiger partial charge in [-0.1, -0.05) is 26.5 Å². The summed E-state index contributed by atoms with van der Waals surface area (Å²) in [6, 6.07) is 0. The molecule has 2 fully saturated rings. The van der Waals surface area contributed by atoms with Gasteiger partial charge in [0.05, 0.1) is 31.0 Å². The first-order valence-corrected chi connectivity index (χ1v) is 11.8. The van der Waals surface area contributed by atoms with Gasteiger partial charge in [0.1, 0.15) is 24.6 Å². The van der Waals surface area contributed by atoms with E-state index in [1.807, 2.05) is 32.1 Å². The van der Waals surface area contributed by atoms with E-state index < -0.39 is 0 Å². The molecule has 32 heavy (non-hydrogen) atoms. The fourth-order valence-corrected chi connectivity index (χ4v) is 4.20. The molecule has 6 heteroatoms. The van der Waals surface area contributed by atoms with Crippen molar-refractivity contribution in [1.82, 2.24) is 5.48 Å². The number of epoxide rings is 1. The Balaban J connectivity index is 1.90. The number of hydrogen-bond donors (Lipinski definition) is 1. The van der Waals surface area contributed by atoms with E-state index in [1.165, 1.54) is 0 Å². The highest BCUT2D eigenvalue weighted by molar-refractivity contribution is 5.25. The lowest BCUT2D eigenvalue weighted by molar-refractivity contribution is -0.252. The van der Waals surface area contributed by atoms with Crippen molar-refractivity contribution in [1.29, 1.82) is 0 Å². The summed E-state index contributed by atoms with van der Waals surface area (Å²) >= 11 is 0. The first kappa shape index (κ1) is 27.1. The van der Waals surface area contributed by atoms with E-state index in [0.29, 0.717) is 25.7 Å². The summed E-state index contributed by atoms with van der Waals surface area (Å²) in [4.78, 5) is 6.01. The molecule has 2 saturated heterocycles. The summed E-state index contributed by atoms with van der Waals surface area (Å²) in [5.41, 5.74) is 3.17. The van der Waals surface area contributed by atoms with Gasteiger partial charge in [0.15, 0.2) is 0 Å². The van der Waals surface area contributed by atoms with Crippen LogP contribution in [0.25, 0.3) is 0 Å². The smallest absolute Gasteiger partial charge is 0.117 e. The number of rotatable bonds is 13. The van der Waals surface area contributed by atoms with Gasteiger partial charge in [-0.05, 0) is 78.0 Å². The largest absolute Gasteiger partial charge is 0.491 e. The summed E-state index contributed by atoms with van der Waals surface area (Å²) < 4.78 is 23.5. The summed E-state index contributed by atoms with van der Waals surface area (Å²) in [5, 5.41) is 0. The number of nitrogens with one attached hydrogen (secondary N) is 1. The molecule has 2 aliphatic heterocycles. The highest BCUT2D eigenvalue weighted by Crippen LogP contribution is 2.38. The molecule has 0 aromatic heterocycles. The van der Waals surface area contributed by atoms with E-state index in [9.17, 15) is 0 Å². The minimum Gasteiger partial charge on any atom is -0.491 e. The van der Waals surface area contributed by atoms with Crippen LogP contribution in [0.5, 0.6) is 0 Å². The number of ether oxygens (including phenoxy) is 4. The van der Waals surface area contributed by atoms with Gasteiger partial charge < -0.3 is 18.9 Å². The molecule has 2 rings (SSSR count). The van der Waals surface area contributed by atoms with Crippen LogP contribution < -0.4 is 5.48 Å². The van der Waals surface area contributed by atoms with E-state index in [4.69, 9.17) is 23.8 Å². The molecule has 0 aromatic rings. The van der Waals surface area contributed by atoms with Crippen molar-refractivity contribution in [2.24, 2.45) is 5.92 Å². The van der Waals surface area contributed by atoms with Crippen LogP contribution in [0.1, 0.15) is 68.2 Å². The van der Waals surface area contributed by atoms with Crippen LogP contribution in [0, 0.1) is 5.92 Å². The van der Waals surface area contributed by atoms with Crippen molar-refractivity contribution in [3.63, 3.8) is 0 Å². The molecule has 0 amide bonds. The highest BCUT2D eigenvalue weighted by Gasteiger charge is 2.45. The predicted molar refractivity (Wildman–Crippen MR) is 128 cm³/mol. The quantitative estimate of drug-likeness (QED) is 0.182. The Morgan fingerprint density at radius 1 is 1.22 bits per heavy atom. The lowest BCUT2D eigenvalue weighted by atomic mass is 9.81. The van der Waals surface area contributed by atoms with Crippen LogP contribution in [-0.4, -0.2) is 55.4 Å². The van der Waals surface area contributed by atoms with Crippen molar-refractivity contribution in [3.05, 3.63) is 36.1 Å². The molecule has 6 nitrogen and oxygen atoms in total. The van der Waals surface area contributed by atoms with E-state index in [2.05, 4.69) is 53.6 Å². The average molecular weight is 452 g/mol. The molecule has 1 N–H and O–H groups in total. The maximum absolute atomic E-state index is 6.61. The maximum atomic E-state index is 6.61. The van der Waals surface area contributed by atoms with E-state index in [1.54, 1.807) is 0 Å². The van der Waals surface area contributed by atoms with Gasteiger partial charge >= 0.3 is 0 Å². The Kier molecular flexibility index (Phi) is 9.56. The third kappa shape index (κ3) is 9.36. The minimum absolute atomic E-state index is 0.198. The van der Waals surface area contributed by atoms with Gasteiger partial charge in [-0.2, -0.15) is 5.48 Å². The van der Waals surface area contributed by atoms with Crippen molar-refractivity contribution in [2.75, 3.05) is 26.4 Å². The van der Waals surface area contributed by atoms with Gasteiger partial charge in [0.25, 0.3) is 0 Å². The molecule has 184 valence electrons. The molecule has 0 aliphatic carbocycles. The first-order chi connectivity index (χ1) is 14.9. The topological polar surface area (TPSA) is 61.5 Å². The van der Waals surface area contributed by atoms with E-state index >= 15 is 0 Å². The maximum Gasteiger partial charge on any atom is 0.117 e. The summed E-state index contributed by atoms with van der Waals surface area (Å²) in [6.07, 6.45) is 7.53. The predicted octanol–water partition coefficient (Wildman–Crippen LogP) is 5.11. The summed E-state index contributed by atoms with van der Waals surface area (Å²) in [5.74, 6) is 1.30. The molecule has 3 unspecified atom stereocenters. The Morgan fingerprint density at radius 3 is 2.47 bits per heavy atom. The molecule has 0 spiro atoms. The van der Waals surface area contributed by atoms with Crippen LogP contribution >= 0.6 is 0 Å². The normalized spacial score (nSPS) is 27.0. The molecule has 0 radical (unpaired) electrons. The molecular formula is C26H45NO5. The fourth-order valence-electron chi connectivity index (χ4n) is 4.20. The van der Waals surface area contributed by atoms with Gasteiger partial charge in [-0.3, -0.25) is 4.84 Å². The molecule has 3 atom stereocenters. The summed E-state index contributed by atoms with van der Waals surface area (Å²) in [6.45, 7) is 23.6. The third-order valence-electron chi connectivity index (χ3n) is 5.47. The zero-order chi connectivity index (χ0) is 24.0. The summed E-state index contributed by atoms with van der Waals surface area (Å²) in [7, 11) is 0. The first-order valence-electron chi connectivity index (χ1n) is 11.8. The van der Waals surface area contributed by atoms with Gasteiger partial charge in [-0.25, -0.2) is 0 Å². The highest BCUT2D eigenvalue weighted by atomic mass is 16.7. The van der Waals surface area contributed by atoms with Crippen LogP contribution in [0.2, 0.25) is 0 Å². The molecule has 0 aromatic carbocycles. The Bertz CT molecular complexity index is 678. The standard InChI is InChI=1S/C26H45NO5/c1-10-22(29-14-23-15-30-23)12-11-20(4)21(5)31-27-24(6,7)16-26(13-19(2)3)18-28-17-25(8,9)32-26/h10-12,19,21,23,27H,4,13-18H2,1-3,5-9H3/b12-11-,22-10+. The molecule has 2 heterocycles. The molecular weight excluding hydrogens is 406 g/mol. The molecule has 2 aliphatic rings. The fraction of sp³-hybridized carbons (Fsp3) is 0.769. The second kappa shape index (κ2) is 11.3. The minimum atomic E-state index is -0.348. The molecule has 0 saturated carbocycles. The lowest BCUT2D eigenvalue weighted by Gasteiger charge is -2.49. The number of hydroxylamine groups is 1. The second-order valence-electron chi connectivity index (χ2n) is 10.9. The van der Waals surface area contributed by atoms with Gasteiger partial charge in [-0.15, -0.1) is 0 Å². The van der Waals surface area contributed by atoms with Gasteiger partial charge in [0, 0.05) is 5.54 Å². The Morgan fingerprint density at radius 2 is 1.91 bits per heavy atom. The van der Waals surface area contributed by atoms with Crippen LogP contribution in [0.15, 0.2) is 36.1 Å².